The molecular formula is C9H8N4. The van der Waals surface area contributed by atoms with E-state index in [1.807, 2.05) is 24.3 Å². The molecule has 0 aliphatic heterocycles. The Balaban J connectivity index is 2.75. The van der Waals surface area contributed by atoms with Gasteiger partial charge in [0.2, 0.25) is 0 Å². The van der Waals surface area contributed by atoms with Crippen LogP contribution in [0.5, 0.6) is 0 Å². The summed E-state index contributed by atoms with van der Waals surface area (Å²) in [5, 5.41) is 12.3. The molecule has 0 aliphatic rings. The van der Waals surface area contributed by atoms with Crippen LogP contribution in [0.25, 0.3) is 10.9 Å². The van der Waals surface area contributed by atoms with Crippen LogP contribution in [0.15, 0.2) is 35.6 Å². The van der Waals surface area contributed by atoms with Gasteiger partial charge in [-0.3, -0.25) is 0 Å². The first kappa shape index (κ1) is 7.67. The average Bonchev–Trinajstić information content (AvgIpc) is 2.19. The molecule has 0 atom stereocenters. The fourth-order valence-electron chi connectivity index (χ4n) is 1.21. The summed E-state index contributed by atoms with van der Waals surface area (Å²) in [5.74, 6) is 5.07. The quantitative estimate of drug-likeness (QED) is 0.395. The van der Waals surface area contributed by atoms with Gasteiger partial charge in [-0.05, 0) is 6.07 Å². The van der Waals surface area contributed by atoms with Crippen LogP contribution >= 0.6 is 0 Å². The number of nitrogens with two attached hydrogens (primary N) is 1. The molecule has 1 aromatic heterocycles. The molecule has 0 fully saturated rings. The maximum absolute atomic E-state index is 5.07. The molecule has 2 aromatic rings. The fourth-order valence-corrected chi connectivity index (χ4v) is 1.21. The lowest BCUT2D eigenvalue weighted by atomic mass is 10.1. The lowest BCUT2D eigenvalue weighted by Crippen LogP contribution is -1.92. The van der Waals surface area contributed by atoms with E-state index in [1.54, 1.807) is 12.4 Å². The number of benzene rings is 1. The first-order valence-corrected chi connectivity index (χ1v) is 3.85. The molecule has 64 valence electrons. The van der Waals surface area contributed by atoms with Crippen molar-refractivity contribution in [2.24, 2.45) is 10.9 Å². The van der Waals surface area contributed by atoms with Crippen LogP contribution in [0.1, 0.15) is 5.56 Å². The molecule has 0 radical (unpaired) electrons. The highest BCUT2D eigenvalue weighted by molar-refractivity contribution is 5.97. The number of aromatic nitrogens is 2. The third-order valence-electron chi connectivity index (χ3n) is 1.79. The van der Waals surface area contributed by atoms with Crippen LogP contribution in [-0.4, -0.2) is 16.4 Å². The van der Waals surface area contributed by atoms with Crippen LogP contribution < -0.4 is 5.84 Å². The molecule has 0 amide bonds. The van der Waals surface area contributed by atoms with E-state index in [1.165, 1.54) is 0 Å². The van der Waals surface area contributed by atoms with Crippen molar-refractivity contribution in [2.75, 3.05) is 0 Å². The second-order valence-corrected chi connectivity index (χ2v) is 2.60. The van der Waals surface area contributed by atoms with Gasteiger partial charge in [-0.2, -0.15) is 15.3 Å². The molecule has 2 rings (SSSR count). The largest absolute Gasteiger partial charge is 0.323 e. The Bertz CT molecular complexity index is 445. The van der Waals surface area contributed by atoms with E-state index in [4.69, 9.17) is 5.84 Å². The maximum Gasteiger partial charge on any atom is 0.0936 e. The van der Waals surface area contributed by atoms with Gasteiger partial charge in [0.15, 0.2) is 0 Å². The summed E-state index contributed by atoms with van der Waals surface area (Å²) in [6, 6.07) is 7.72. The van der Waals surface area contributed by atoms with E-state index in [2.05, 4.69) is 15.3 Å². The van der Waals surface area contributed by atoms with E-state index >= 15 is 0 Å². The van der Waals surface area contributed by atoms with E-state index in [0.717, 1.165) is 16.5 Å². The van der Waals surface area contributed by atoms with Crippen molar-refractivity contribution in [3.05, 3.63) is 36.0 Å². The third kappa shape index (κ3) is 1.33. The summed E-state index contributed by atoms with van der Waals surface area (Å²) in [6.45, 7) is 0. The van der Waals surface area contributed by atoms with Gasteiger partial charge in [-0.1, -0.05) is 18.2 Å². The number of hydrogen-bond donors (Lipinski definition) is 1. The summed E-state index contributed by atoms with van der Waals surface area (Å²) in [4.78, 5) is 0. The molecule has 0 spiro atoms. The second-order valence-electron chi connectivity index (χ2n) is 2.60. The number of hydrogen-bond acceptors (Lipinski definition) is 4. The van der Waals surface area contributed by atoms with Gasteiger partial charge in [0.1, 0.15) is 0 Å². The monoisotopic (exact) mass is 172 g/mol. The first-order valence-electron chi connectivity index (χ1n) is 3.85. The highest BCUT2D eigenvalue weighted by Gasteiger charge is 1.98. The third-order valence-corrected chi connectivity index (χ3v) is 1.79. The average molecular weight is 172 g/mol. The van der Waals surface area contributed by atoms with Gasteiger partial charge in [0.05, 0.1) is 17.9 Å². The van der Waals surface area contributed by atoms with E-state index in [0.29, 0.717) is 0 Å². The molecular weight excluding hydrogens is 164 g/mol. The molecule has 4 heteroatoms. The fraction of sp³-hybridized carbons (Fsp3) is 0. The Morgan fingerprint density at radius 1 is 1.31 bits per heavy atom. The summed E-state index contributed by atoms with van der Waals surface area (Å²) in [5.41, 5.74) is 1.73. The number of hydrazone groups is 1. The van der Waals surface area contributed by atoms with Crippen LogP contribution in [-0.2, 0) is 0 Å². The molecule has 2 N–H and O–H groups in total. The van der Waals surface area contributed by atoms with Crippen LogP contribution in [0.3, 0.4) is 0 Å². The van der Waals surface area contributed by atoms with Crippen molar-refractivity contribution in [3.8, 4) is 0 Å². The molecule has 0 aliphatic carbocycles. The molecule has 0 saturated heterocycles. The highest BCUT2D eigenvalue weighted by Crippen LogP contribution is 2.12. The Morgan fingerprint density at radius 2 is 2.15 bits per heavy atom. The van der Waals surface area contributed by atoms with Gasteiger partial charge in [0.25, 0.3) is 0 Å². The summed E-state index contributed by atoms with van der Waals surface area (Å²) in [6.07, 6.45) is 3.20. The van der Waals surface area contributed by atoms with Gasteiger partial charge in [-0.25, -0.2) is 0 Å². The minimum Gasteiger partial charge on any atom is -0.323 e. The number of fused-ring (bicyclic) bond motifs is 1. The summed E-state index contributed by atoms with van der Waals surface area (Å²) < 4.78 is 0. The van der Waals surface area contributed by atoms with E-state index in [9.17, 15) is 0 Å². The Morgan fingerprint density at radius 3 is 3.00 bits per heavy atom. The lowest BCUT2D eigenvalue weighted by Gasteiger charge is -1.97. The minimum atomic E-state index is 0.847. The Hall–Kier alpha value is -1.97. The normalized spacial score (nSPS) is 11.1. The maximum atomic E-state index is 5.07. The molecule has 1 aromatic carbocycles. The van der Waals surface area contributed by atoms with Crippen molar-refractivity contribution < 1.29 is 0 Å². The molecule has 1 heterocycles. The van der Waals surface area contributed by atoms with Crippen LogP contribution in [0.4, 0.5) is 0 Å². The predicted molar refractivity (Wildman–Crippen MR) is 51.3 cm³/mol. The predicted octanol–water partition coefficient (Wildman–Crippen LogP) is 0.922. The van der Waals surface area contributed by atoms with Gasteiger partial charge >= 0.3 is 0 Å². The standard InChI is InChI=1S/C9H8N4/c10-11-5-7-6-12-13-9-4-2-1-3-8(7)9/h1-6H,10H2/b11-5+. The van der Waals surface area contributed by atoms with Crippen molar-refractivity contribution in [1.82, 2.24) is 10.2 Å². The van der Waals surface area contributed by atoms with Gasteiger partial charge < -0.3 is 5.84 Å². The Labute approximate surface area is 75.1 Å². The van der Waals surface area contributed by atoms with Gasteiger partial charge in [0, 0.05) is 10.9 Å². The Kier molecular flexibility index (Phi) is 1.88. The lowest BCUT2D eigenvalue weighted by molar-refractivity contribution is 1.07. The molecule has 0 unspecified atom stereocenters. The van der Waals surface area contributed by atoms with Crippen molar-refractivity contribution in [2.45, 2.75) is 0 Å². The zero-order chi connectivity index (χ0) is 9.10. The van der Waals surface area contributed by atoms with E-state index in [-0.39, 0.29) is 0 Å². The molecule has 13 heavy (non-hydrogen) atoms. The number of rotatable bonds is 1. The van der Waals surface area contributed by atoms with Crippen LogP contribution in [0.2, 0.25) is 0 Å². The van der Waals surface area contributed by atoms with Crippen molar-refractivity contribution in [1.29, 1.82) is 0 Å². The molecule has 0 bridgehead atoms. The van der Waals surface area contributed by atoms with Crippen molar-refractivity contribution in [3.63, 3.8) is 0 Å². The highest BCUT2D eigenvalue weighted by atomic mass is 15.1. The van der Waals surface area contributed by atoms with Gasteiger partial charge in [-0.15, -0.1) is 0 Å². The summed E-state index contributed by atoms with van der Waals surface area (Å²) in [7, 11) is 0. The zero-order valence-corrected chi connectivity index (χ0v) is 6.88. The molecule has 4 nitrogen and oxygen atoms in total. The topological polar surface area (TPSA) is 64.2 Å². The summed E-state index contributed by atoms with van der Waals surface area (Å²) >= 11 is 0. The zero-order valence-electron chi connectivity index (χ0n) is 6.88. The number of nitrogens with zero attached hydrogens (tertiary/aromatic N) is 3. The first-order chi connectivity index (χ1) is 6.42. The smallest absolute Gasteiger partial charge is 0.0936 e. The second kappa shape index (κ2) is 3.18. The SMILES string of the molecule is N/N=C/c1cnnc2ccccc12. The minimum absolute atomic E-state index is 0.847. The van der Waals surface area contributed by atoms with Crippen LogP contribution in [0, 0.1) is 0 Å². The molecule has 0 saturated carbocycles. The van der Waals surface area contributed by atoms with E-state index < -0.39 is 0 Å². The van der Waals surface area contributed by atoms with Crippen molar-refractivity contribution >= 4 is 17.1 Å².